The van der Waals surface area contributed by atoms with Crippen LogP contribution < -0.4 is 10.6 Å². The van der Waals surface area contributed by atoms with E-state index < -0.39 is 0 Å². The van der Waals surface area contributed by atoms with Gasteiger partial charge >= 0.3 is 0 Å². The Morgan fingerprint density at radius 1 is 1.30 bits per heavy atom. The third-order valence-corrected chi connectivity index (χ3v) is 3.70. The first-order valence-corrected chi connectivity index (χ1v) is 9.40. The lowest BCUT2D eigenvalue weighted by Crippen LogP contribution is -2.38. The molecule has 0 aliphatic rings. The zero-order valence-corrected chi connectivity index (χ0v) is 17.7. The lowest BCUT2D eigenvalue weighted by molar-refractivity contribution is 0.371. The Morgan fingerprint density at radius 2 is 2.09 bits per heavy atom. The number of aliphatic imine (C=N–C) groups is 1. The summed E-state index contributed by atoms with van der Waals surface area (Å²) in [6, 6.07) is 0. The van der Waals surface area contributed by atoms with Crippen molar-refractivity contribution >= 4 is 41.7 Å². The topological polar surface area (TPSA) is 75.3 Å². The standard InChI is InChI=1S/C15H29N5OS.HI/c1-5-16-15(17-9-6-7-11-22-4)18-10-8-13-19-14(12(2)3)20-21-13;/h12H,5-11H2,1-4H3,(H2,16,17,18);1H. The molecule has 2 N–H and O–H groups in total. The molecule has 0 aliphatic carbocycles. The minimum Gasteiger partial charge on any atom is -0.357 e. The van der Waals surface area contributed by atoms with E-state index in [0.717, 1.165) is 37.8 Å². The van der Waals surface area contributed by atoms with Gasteiger partial charge in [-0.15, -0.1) is 24.0 Å². The highest BCUT2D eigenvalue weighted by Crippen LogP contribution is 2.09. The number of thioether (sulfide) groups is 1. The summed E-state index contributed by atoms with van der Waals surface area (Å²) in [4.78, 5) is 8.94. The van der Waals surface area contributed by atoms with Crippen molar-refractivity contribution < 1.29 is 4.52 Å². The van der Waals surface area contributed by atoms with Crippen molar-refractivity contribution in [2.24, 2.45) is 4.99 Å². The van der Waals surface area contributed by atoms with Gasteiger partial charge in [0.15, 0.2) is 11.8 Å². The van der Waals surface area contributed by atoms with Gasteiger partial charge in [0.05, 0.1) is 0 Å². The Kier molecular flexibility index (Phi) is 13.6. The minimum atomic E-state index is 0. The predicted molar refractivity (Wildman–Crippen MR) is 109 cm³/mol. The van der Waals surface area contributed by atoms with E-state index in [2.05, 4.69) is 52.8 Å². The van der Waals surface area contributed by atoms with Gasteiger partial charge in [0, 0.05) is 32.0 Å². The summed E-state index contributed by atoms with van der Waals surface area (Å²) in [6.07, 6.45) is 5.18. The number of rotatable bonds is 10. The summed E-state index contributed by atoms with van der Waals surface area (Å²) in [5.74, 6) is 3.80. The zero-order chi connectivity index (χ0) is 16.2. The summed E-state index contributed by atoms with van der Waals surface area (Å²) in [6.45, 7) is 8.62. The largest absolute Gasteiger partial charge is 0.357 e. The Balaban J connectivity index is 0.00000484. The molecule has 8 heteroatoms. The molecule has 0 atom stereocenters. The van der Waals surface area contributed by atoms with E-state index in [1.807, 2.05) is 11.8 Å². The molecule has 0 radical (unpaired) electrons. The second-order valence-corrected chi connectivity index (χ2v) is 6.32. The van der Waals surface area contributed by atoms with Gasteiger partial charge in [0.1, 0.15) is 0 Å². The van der Waals surface area contributed by atoms with Crippen molar-refractivity contribution in [1.82, 2.24) is 20.8 Å². The van der Waals surface area contributed by atoms with Crippen LogP contribution in [-0.2, 0) is 6.42 Å². The summed E-state index contributed by atoms with van der Waals surface area (Å²) in [7, 11) is 0. The number of aromatic nitrogens is 2. The molecule has 134 valence electrons. The van der Waals surface area contributed by atoms with Crippen LogP contribution in [0.5, 0.6) is 0 Å². The van der Waals surface area contributed by atoms with Gasteiger partial charge in [-0.25, -0.2) is 0 Å². The molecule has 1 aromatic heterocycles. The molecule has 0 unspecified atom stereocenters. The van der Waals surface area contributed by atoms with Crippen molar-refractivity contribution in [1.29, 1.82) is 0 Å². The van der Waals surface area contributed by atoms with E-state index in [1.54, 1.807) is 0 Å². The molecule has 0 saturated carbocycles. The predicted octanol–water partition coefficient (Wildman–Crippen LogP) is 3.05. The van der Waals surface area contributed by atoms with Crippen LogP contribution in [0.25, 0.3) is 0 Å². The number of hydrogen-bond acceptors (Lipinski definition) is 5. The lowest BCUT2D eigenvalue weighted by Gasteiger charge is -2.10. The highest BCUT2D eigenvalue weighted by atomic mass is 127. The van der Waals surface area contributed by atoms with Crippen molar-refractivity contribution in [2.75, 3.05) is 31.6 Å². The molecule has 0 fully saturated rings. The summed E-state index contributed by atoms with van der Waals surface area (Å²) in [5.41, 5.74) is 0. The van der Waals surface area contributed by atoms with Crippen molar-refractivity contribution in [3.63, 3.8) is 0 Å². The molecule has 1 rings (SSSR count). The first kappa shape index (κ1) is 22.5. The van der Waals surface area contributed by atoms with Gasteiger partial charge in [-0.1, -0.05) is 19.0 Å². The quantitative estimate of drug-likeness (QED) is 0.245. The summed E-state index contributed by atoms with van der Waals surface area (Å²) < 4.78 is 5.23. The highest BCUT2D eigenvalue weighted by Gasteiger charge is 2.09. The Labute approximate surface area is 161 Å². The molecule has 0 aliphatic heterocycles. The summed E-state index contributed by atoms with van der Waals surface area (Å²) >= 11 is 1.88. The van der Waals surface area contributed by atoms with Crippen LogP contribution in [-0.4, -0.2) is 47.7 Å². The maximum Gasteiger partial charge on any atom is 0.228 e. The van der Waals surface area contributed by atoms with E-state index in [0.29, 0.717) is 18.2 Å². The fraction of sp³-hybridized carbons (Fsp3) is 0.800. The molecule has 1 aromatic rings. The normalized spacial score (nSPS) is 11.4. The maximum absolute atomic E-state index is 5.23. The molecule has 0 amide bonds. The average Bonchev–Trinajstić information content (AvgIpc) is 2.96. The van der Waals surface area contributed by atoms with Gasteiger partial charge in [-0.3, -0.25) is 4.99 Å². The van der Waals surface area contributed by atoms with Gasteiger partial charge < -0.3 is 15.2 Å². The fourth-order valence-corrected chi connectivity index (χ4v) is 2.28. The Hall–Kier alpha value is -0.510. The van der Waals surface area contributed by atoms with Crippen LogP contribution in [0.15, 0.2) is 9.52 Å². The molecule has 0 aromatic carbocycles. The van der Waals surface area contributed by atoms with E-state index >= 15 is 0 Å². The van der Waals surface area contributed by atoms with Crippen molar-refractivity contribution in [3.05, 3.63) is 11.7 Å². The molecule has 1 heterocycles. The van der Waals surface area contributed by atoms with E-state index in [4.69, 9.17) is 4.52 Å². The van der Waals surface area contributed by atoms with Crippen LogP contribution in [0, 0.1) is 0 Å². The Bertz CT molecular complexity index is 439. The van der Waals surface area contributed by atoms with E-state index in [1.165, 1.54) is 12.2 Å². The van der Waals surface area contributed by atoms with Crippen LogP contribution >= 0.6 is 35.7 Å². The van der Waals surface area contributed by atoms with Gasteiger partial charge in [-0.2, -0.15) is 16.7 Å². The zero-order valence-electron chi connectivity index (χ0n) is 14.6. The average molecular weight is 455 g/mol. The number of hydrogen-bond donors (Lipinski definition) is 2. The lowest BCUT2D eigenvalue weighted by atomic mass is 10.2. The van der Waals surface area contributed by atoms with Gasteiger partial charge in [0.25, 0.3) is 0 Å². The molecular formula is C15H30IN5OS. The van der Waals surface area contributed by atoms with Crippen molar-refractivity contribution in [2.45, 2.75) is 46.0 Å². The number of guanidine groups is 1. The maximum atomic E-state index is 5.23. The molecule has 23 heavy (non-hydrogen) atoms. The second kappa shape index (κ2) is 13.9. The third kappa shape index (κ3) is 10.1. The monoisotopic (exact) mass is 455 g/mol. The molecule has 6 nitrogen and oxygen atoms in total. The SMILES string of the molecule is CCNC(=NCCCCSC)NCCc1nc(C(C)C)no1.I. The minimum absolute atomic E-state index is 0. The van der Waals surface area contributed by atoms with Crippen LogP contribution in [0.4, 0.5) is 0 Å². The third-order valence-electron chi connectivity index (χ3n) is 3.00. The van der Waals surface area contributed by atoms with Crippen molar-refractivity contribution in [3.8, 4) is 0 Å². The van der Waals surface area contributed by atoms with E-state index in [9.17, 15) is 0 Å². The van der Waals surface area contributed by atoms with Gasteiger partial charge in [0.2, 0.25) is 5.89 Å². The highest BCUT2D eigenvalue weighted by molar-refractivity contribution is 14.0. The Morgan fingerprint density at radius 3 is 2.70 bits per heavy atom. The van der Waals surface area contributed by atoms with Crippen LogP contribution in [0.2, 0.25) is 0 Å². The number of nitrogens with zero attached hydrogens (tertiary/aromatic N) is 3. The first-order valence-electron chi connectivity index (χ1n) is 8.01. The molecule has 0 bridgehead atoms. The van der Waals surface area contributed by atoms with Gasteiger partial charge in [-0.05, 0) is 31.8 Å². The molecule has 0 spiro atoms. The fourth-order valence-electron chi connectivity index (χ4n) is 1.78. The van der Waals surface area contributed by atoms with Crippen LogP contribution in [0.3, 0.4) is 0 Å². The first-order chi connectivity index (χ1) is 10.7. The number of halogens is 1. The van der Waals surface area contributed by atoms with E-state index in [-0.39, 0.29) is 24.0 Å². The molecule has 0 saturated heterocycles. The number of unbranched alkanes of at least 4 members (excludes halogenated alkanes) is 1. The molecular weight excluding hydrogens is 425 g/mol. The second-order valence-electron chi connectivity index (χ2n) is 5.34. The van der Waals surface area contributed by atoms with Crippen LogP contribution in [0.1, 0.15) is 51.2 Å². The smallest absolute Gasteiger partial charge is 0.228 e. The number of nitrogens with one attached hydrogen (secondary N) is 2. The summed E-state index contributed by atoms with van der Waals surface area (Å²) in [5, 5.41) is 10.5.